The molecule has 0 saturated heterocycles. The molecule has 0 amide bonds. The van der Waals surface area contributed by atoms with Gasteiger partial charge in [0.2, 0.25) is 15.6 Å². The molecule has 1 rings (SSSR count). The SMILES string of the molecule is CC(=O)C(=O)C(=O)C(=O)S(=O)(=O)c1ccc(C)cc1. The first-order valence-corrected chi connectivity index (χ1v) is 6.61. The van der Waals surface area contributed by atoms with Crippen molar-refractivity contribution in [2.75, 3.05) is 0 Å². The number of sulfone groups is 1. The van der Waals surface area contributed by atoms with Gasteiger partial charge in [-0.15, -0.1) is 0 Å². The summed E-state index contributed by atoms with van der Waals surface area (Å²) in [4.78, 5) is 44.1. The molecule has 0 atom stereocenters. The average Bonchev–Trinajstić information content (AvgIpc) is 2.36. The fourth-order valence-electron chi connectivity index (χ4n) is 1.20. The molecule has 0 unspecified atom stereocenters. The number of aryl methyl sites for hydroxylation is 1. The predicted octanol–water partition coefficient (Wildman–Crippen LogP) is 0.0225. The van der Waals surface area contributed by atoms with E-state index in [0.29, 0.717) is 0 Å². The molecule has 0 aliphatic rings. The number of Topliss-reactive ketones (excluding diaryl/α,β-unsaturated/α-hetero) is 3. The second-order valence-electron chi connectivity index (χ2n) is 3.82. The van der Waals surface area contributed by atoms with E-state index in [1.807, 2.05) is 0 Å². The molecule has 0 heterocycles. The first-order valence-electron chi connectivity index (χ1n) is 5.13. The van der Waals surface area contributed by atoms with Crippen LogP contribution in [0.4, 0.5) is 0 Å². The Balaban J connectivity index is 3.18. The first-order chi connectivity index (χ1) is 8.67. The third-order valence-electron chi connectivity index (χ3n) is 2.29. The smallest absolute Gasteiger partial charge is 0.291 e. The molecule has 6 nitrogen and oxygen atoms in total. The summed E-state index contributed by atoms with van der Waals surface area (Å²) in [5, 5.41) is -1.89. The number of rotatable bonds is 4. The molecule has 19 heavy (non-hydrogen) atoms. The normalized spacial score (nSPS) is 10.8. The van der Waals surface area contributed by atoms with Gasteiger partial charge in [-0.25, -0.2) is 8.42 Å². The van der Waals surface area contributed by atoms with Crippen LogP contribution in [-0.2, 0) is 29.0 Å². The maximum atomic E-state index is 11.8. The van der Waals surface area contributed by atoms with E-state index in [1.165, 1.54) is 12.1 Å². The highest BCUT2D eigenvalue weighted by atomic mass is 32.2. The van der Waals surface area contributed by atoms with Gasteiger partial charge >= 0.3 is 5.12 Å². The summed E-state index contributed by atoms with van der Waals surface area (Å²) in [6.45, 7) is 2.49. The Morgan fingerprint density at radius 3 is 1.79 bits per heavy atom. The van der Waals surface area contributed by atoms with E-state index >= 15 is 0 Å². The number of hydrogen-bond donors (Lipinski definition) is 0. The van der Waals surface area contributed by atoms with Crippen LogP contribution in [0, 0.1) is 6.92 Å². The summed E-state index contributed by atoms with van der Waals surface area (Å²) in [7, 11) is -4.59. The number of benzene rings is 1. The average molecular weight is 282 g/mol. The lowest BCUT2D eigenvalue weighted by atomic mass is 10.2. The van der Waals surface area contributed by atoms with Gasteiger partial charge in [0.1, 0.15) is 0 Å². The van der Waals surface area contributed by atoms with Crippen molar-refractivity contribution < 1.29 is 27.6 Å². The summed E-state index contributed by atoms with van der Waals surface area (Å²) in [5.74, 6) is -4.66. The molecular weight excluding hydrogens is 272 g/mol. The highest BCUT2D eigenvalue weighted by Crippen LogP contribution is 2.13. The van der Waals surface area contributed by atoms with E-state index in [0.717, 1.165) is 24.6 Å². The van der Waals surface area contributed by atoms with Gasteiger partial charge in [-0.1, -0.05) is 17.7 Å². The van der Waals surface area contributed by atoms with Gasteiger partial charge in [-0.2, -0.15) is 0 Å². The van der Waals surface area contributed by atoms with Crippen LogP contribution in [-0.4, -0.2) is 30.9 Å². The van der Waals surface area contributed by atoms with Crippen molar-refractivity contribution in [1.29, 1.82) is 0 Å². The first kappa shape index (κ1) is 14.9. The number of carbonyl (C=O) groups is 4. The van der Waals surface area contributed by atoms with E-state index in [1.54, 1.807) is 6.92 Å². The third kappa shape index (κ3) is 3.00. The third-order valence-corrected chi connectivity index (χ3v) is 3.85. The highest BCUT2D eigenvalue weighted by molar-refractivity contribution is 8.08. The lowest BCUT2D eigenvalue weighted by Gasteiger charge is -2.02. The van der Waals surface area contributed by atoms with Crippen LogP contribution in [0.3, 0.4) is 0 Å². The van der Waals surface area contributed by atoms with Gasteiger partial charge in [-0.3, -0.25) is 19.2 Å². The van der Waals surface area contributed by atoms with Gasteiger partial charge < -0.3 is 0 Å². The van der Waals surface area contributed by atoms with Crippen molar-refractivity contribution in [2.45, 2.75) is 18.7 Å². The topological polar surface area (TPSA) is 102 Å². The summed E-state index contributed by atoms with van der Waals surface area (Å²) in [6.07, 6.45) is 0. The van der Waals surface area contributed by atoms with Crippen LogP contribution in [0.15, 0.2) is 29.2 Å². The van der Waals surface area contributed by atoms with Crippen molar-refractivity contribution in [3.63, 3.8) is 0 Å². The van der Waals surface area contributed by atoms with Crippen LogP contribution in [0.1, 0.15) is 12.5 Å². The number of carbonyl (C=O) groups excluding carboxylic acids is 4. The van der Waals surface area contributed by atoms with E-state index in [9.17, 15) is 27.6 Å². The van der Waals surface area contributed by atoms with E-state index in [4.69, 9.17) is 0 Å². The molecule has 0 radical (unpaired) electrons. The molecule has 1 aromatic rings. The molecule has 1 aromatic carbocycles. The minimum absolute atomic E-state index is 0.396. The van der Waals surface area contributed by atoms with Gasteiger partial charge in [0.05, 0.1) is 4.90 Å². The van der Waals surface area contributed by atoms with Crippen LogP contribution in [0.25, 0.3) is 0 Å². The van der Waals surface area contributed by atoms with Crippen molar-refractivity contribution in [3.05, 3.63) is 29.8 Å². The Morgan fingerprint density at radius 1 is 0.895 bits per heavy atom. The van der Waals surface area contributed by atoms with Crippen molar-refractivity contribution in [2.24, 2.45) is 0 Å². The largest absolute Gasteiger partial charge is 0.325 e. The molecule has 0 spiro atoms. The molecular formula is C12H10O6S. The second-order valence-corrected chi connectivity index (χ2v) is 5.67. The Morgan fingerprint density at radius 2 is 1.37 bits per heavy atom. The summed E-state index contributed by atoms with van der Waals surface area (Å²) >= 11 is 0. The van der Waals surface area contributed by atoms with E-state index in [-0.39, 0.29) is 0 Å². The van der Waals surface area contributed by atoms with Crippen molar-refractivity contribution >= 4 is 32.3 Å². The van der Waals surface area contributed by atoms with Crippen molar-refractivity contribution in [3.8, 4) is 0 Å². The lowest BCUT2D eigenvalue weighted by molar-refractivity contribution is -0.146. The molecule has 100 valence electrons. The number of ketones is 3. The maximum Gasteiger partial charge on any atom is 0.325 e. The summed E-state index contributed by atoms with van der Waals surface area (Å²) < 4.78 is 23.6. The Kier molecular flexibility index (Phi) is 4.10. The van der Waals surface area contributed by atoms with E-state index < -0.39 is 37.2 Å². The molecule has 0 N–H and O–H groups in total. The van der Waals surface area contributed by atoms with Crippen LogP contribution in [0.5, 0.6) is 0 Å². The summed E-state index contributed by atoms with van der Waals surface area (Å²) in [6, 6.07) is 5.18. The minimum Gasteiger partial charge on any atom is -0.291 e. The zero-order valence-corrected chi connectivity index (χ0v) is 11.0. The zero-order valence-electron chi connectivity index (χ0n) is 10.2. The molecule has 0 aromatic heterocycles. The highest BCUT2D eigenvalue weighted by Gasteiger charge is 2.36. The number of hydrogen-bond acceptors (Lipinski definition) is 6. The van der Waals surface area contributed by atoms with Crippen LogP contribution >= 0.6 is 0 Å². The van der Waals surface area contributed by atoms with Gasteiger partial charge in [0.25, 0.3) is 11.6 Å². The lowest BCUT2D eigenvalue weighted by Crippen LogP contribution is -2.33. The maximum absolute atomic E-state index is 11.8. The van der Waals surface area contributed by atoms with Gasteiger partial charge in [0, 0.05) is 6.92 Å². The Labute approximate surface area is 109 Å². The summed E-state index contributed by atoms with van der Waals surface area (Å²) in [5.41, 5.74) is 0.762. The molecule has 0 bridgehead atoms. The molecule has 0 fully saturated rings. The second kappa shape index (κ2) is 5.23. The Bertz CT molecular complexity index is 667. The van der Waals surface area contributed by atoms with Crippen LogP contribution in [0.2, 0.25) is 0 Å². The minimum atomic E-state index is -4.59. The van der Waals surface area contributed by atoms with Gasteiger partial charge in [-0.05, 0) is 19.1 Å². The fraction of sp³-hybridized carbons (Fsp3) is 0.167. The molecule has 0 aliphatic carbocycles. The monoisotopic (exact) mass is 282 g/mol. The fourth-order valence-corrected chi connectivity index (χ4v) is 2.24. The van der Waals surface area contributed by atoms with Crippen LogP contribution < -0.4 is 0 Å². The standard InChI is InChI=1S/C12H10O6S/c1-7-3-5-9(6-4-7)19(17,18)12(16)11(15)10(14)8(2)13/h3-6H,1-2H3. The Hall–Kier alpha value is -2.15. The zero-order chi connectivity index (χ0) is 14.8. The predicted molar refractivity (Wildman–Crippen MR) is 64.1 cm³/mol. The quantitative estimate of drug-likeness (QED) is 0.570. The van der Waals surface area contributed by atoms with E-state index in [2.05, 4.69) is 0 Å². The molecule has 0 saturated carbocycles. The van der Waals surface area contributed by atoms with Gasteiger partial charge in [0.15, 0.2) is 0 Å². The van der Waals surface area contributed by atoms with Crippen molar-refractivity contribution in [1.82, 2.24) is 0 Å². The molecule has 0 aliphatic heterocycles. The molecule has 7 heteroatoms.